The molecule has 33 heavy (non-hydrogen) atoms. The Bertz CT molecular complexity index is 949. The number of benzene rings is 1. The topological polar surface area (TPSA) is 65.5 Å². The van der Waals surface area contributed by atoms with Crippen LogP contribution in [0.3, 0.4) is 0 Å². The summed E-state index contributed by atoms with van der Waals surface area (Å²) in [5, 5.41) is 12.7. The molecule has 4 rings (SSSR count). The van der Waals surface area contributed by atoms with Gasteiger partial charge in [-0.15, -0.1) is 0 Å². The summed E-state index contributed by atoms with van der Waals surface area (Å²) < 4.78 is 38.7. The maximum Gasteiger partial charge on any atom is 0.416 e. The van der Waals surface area contributed by atoms with Crippen molar-refractivity contribution in [3.05, 3.63) is 53.7 Å². The van der Waals surface area contributed by atoms with Crippen LogP contribution in [0.1, 0.15) is 60.9 Å². The molecule has 1 aromatic heterocycles. The predicted molar refractivity (Wildman–Crippen MR) is 122 cm³/mol. The number of aromatic carboxylic acids is 1. The average Bonchev–Trinajstić information content (AvgIpc) is 2.80. The average molecular weight is 462 g/mol. The molecule has 0 radical (unpaired) electrons. The second-order valence-electron chi connectivity index (χ2n) is 9.26. The van der Waals surface area contributed by atoms with E-state index in [1.807, 2.05) is 0 Å². The Morgan fingerprint density at radius 1 is 1.09 bits per heavy atom. The molecule has 1 aromatic carbocycles. The maximum absolute atomic E-state index is 12.9. The van der Waals surface area contributed by atoms with Crippen molar-refractivity contribution in [1.82, 2.24) is 4.98 Å². The molecule has 0 bridgehead atoms. The van der Waals surface area contributed by atoms with Gasteiger partial charge in [0.25, 0.3) is 0 Å². The Morgan fingerprint density at radius 2 is 1.85 bits per heavy atom. The van der Waals surface area contributed by atoms with Crippen molar-refractivity contribution in [2.24, 2.45) is 11.8 Å². The molecule has 1 saturated heterocycles. The summed E-state index contributed by atoms with van der Waals surface area (Å²) in [6.45, 7) is 1.71. The van der Waals surface area contributed by atoms with Crippen LogP contribution in [-0.2, 0) is 6.18 Å². The maximum atomic E-state index is 12.9. The first-order chi connectivity index (χ1) is 15.8. The number of anilines is 2. The summed E-state index contributed by atoms with van der Waals surface area (Å²) in [7, 11) is 0. The molecule has 0 unspecified atom stereocenters. The first-order valence-electron chi connectivity index (χ1n) is 11.7. The third-order valence-corrected chi connectivity index (χ3v) is 6.96. The monoisotopic (exact) mass is 461 g/mol. The fraction of sp³-hybridized carbons (Fsp3) is 0.520. The van der Waals surface area contributed by atoms with Gasteiger partial charge < -0.3 is 15.3 Å². The molecule has 1 aliphatic carbocycles. The highest BCUT2D eigenvalue weighted by Crippen LogP contribution is 2.36. The van der Waals surface area contributed by atoms with Crippen LogP contribution in [0.15, 0.2) is 42.6 Å². The minimum Gasteiger partial charge on any atom is -0.478 e. The van der Waals surface area contributed by atoms with Crippen LogP contribution in [0.2, 0.25) is 0 Å². The number of hydrogen-bond acceptors (Lipinski definition) is 4. The van der Waals surface area contributed by atoms with Gasteiger partial charge in [-0.25, -0.2) is 9.78 Å². The molecular weight excluding hydrogens is 431 g/mol. The van der Waals surface area contributed by atoms with E-state index in [4.69, 9.17) is 0 Å². The lowest BCUT2D eigenvalue weighted by molar-refractivity contribution is -0.137. The van der Waals surface area contributed by atoms with Gasteiger partial charge in [0.1, 0.15) is 5.82 Å². The van der Waals surface area contributed by atoms with Crippen molar-refractivity contribution in [3.8, 4) is 0 Å². The first kappa shape index (κ1) is 23.4. The van der Waals surface area contributed by atoms with Gasteiger partial charge in [-0.1, -0.05) is 12.8 Å². The number of nitrogens with one attached hydrogen (secondary N) is 1. The standard InChI is InChI=1S/C25H30F3N3O2/c26-25(27,28)20-7-9-21(10-8-20)31-13-3-4-17(16-31)14-18-5-1-2-6-22(18)30-23-15-19(24(32)33)11-12-29-23/h7-12,15,17-18,22H,1-6,13-14,16H2,(H,29,30)(H,32,33)/t17-,18+,22-/m1/s1. The van der Waals surface area contributed by atoms with Crippen molar-refractivity contribution < 1.29 is 23.1 Å². The molecule has 1 saturated carbocycles. The Hall–Kier alpha value is -2.77. The van der Waals surface area contributed by atoms with E-state index in [9.17, 15) is 23.1 Å². The highest BCUT2D eigenvalue weighted by Gasteiger charge is 2.32. The van der Waals surface area contributed by atoms with Gasteiger partial charge in [0.15, 0.2) is 0 Å². The summed E-state index contributed by atoms with van der Waals surface area (Å²) in [5.41, 5.74) is 0.455. The van der Waals surface area contributed by atoms with Crippen LogP contribution in [0.5, 0.6) is 0 Å². The van der Waals surface area contributed by atoms with E-state index in [1.165, 1.54) is 18.7 Å². The van der Waals surface area contributed by atoms with Crippen molar-refractivity contribution >= 4 is 17.5 Å². The molecule has 178 valence electrons. The minimum atomic E-state index is -4.31. The van der Waals surface area contributed by atoms with Gasteiger partial charge in [-0.3, -0.25) is 0 Å². The van der Waals surface area contributed by atoms with E-state index in [2.05, 4.69) is 15.2 Å². The number of piperidine rings is 1. The first-order valence-corrected chi connectivity index (χ1v) is 11.7. The zero-order chi connectivity index (χ0) is 23.4. The Labute approximate surface area is 192 Å². The zero-order valence-electron chi connectivity index (χ0n) is 18.5. The van der Waals surface area contributed by atoms with Crippen LogP contribution < -0.4 is 10.2 Å². The van der Waals surface area contributed by atoms with Gasteiger partial charge in [0.05, 0.1) is 11.1 Å². The number of halogens is 3. The van der Waals surface area contributed by atoms with Crippen LogP contribution in [-0.4, -0.2) is 35.2 Å². The van der Waals surface area contributed by atoms with Crippen LogP contribution in [0, 0.1) is 11.8 Å². The van der Waals surface area contributed by atoms with Gasteiger partial charge in [-0.05, 0) is 80.3 Å². The second-order valence-corrected chi connectivity index (χ2v) is 9.26. The van der Waals surface area contributed by atoms with Crippen molar-refractivity contribution in [3.63, 3.8) is 0 Å². The summed E-state index contributed by atoms with van der Waals surface area (Å²) >= 11 is 0. The lowest BCUT2D eigenvalue weighted by atomic mass is 9.77. The Balaban J connectivity index is 1.39. The third-order valence-electron chi connectivity index (χ3n) is 6.96. The SMILES string of the molecule is O=C(O)c1ccnc(N[C@@H]2CCCC[C@H]2C[C@H]2CCCN(c3ccc(C(F)(F)F)cc3)C2)c1. The predicted octanol–water partition coefficient (Wildman–Crippen LogP) is 6.08. The minimum absolute atomic E-state index is 0.222. The number of carboxylic acids is 1. The molecule has 0 spiro atoms. The number of hydrogen-bond donors (Lipinski definition) is 2. The molecule has 2 aliphatic rings. The van der Waals surface area contributed by atoms with Crippen LogP contribution in [0.25, 0.3) is 0 Å². The number of nitrogens with zero attached hydrogens (tertiary/aromatic N) is 2. The number of carbonyl (C=O) groups is 1. The molecule has 2 heterocycles. The molecule has 3 atom stereocenters. The van der Waals surface area contributed by atoms with E-state index in [1.54, 1.807) is 18.2 Å². The number of pyridine rings is 1. The number of aromatic nitrogens is 1. The zero-order valence-corrected chi connectivity index (χ0v) is 18.5. The van der Waals surface area contributed by atoms with Crippen molar-refractivity contribution in [1.29, 1.82) is 0 Å². The molecule has 5 nitrogen and oxygen atoms in total. The largest absolute Gasteiger partial charge is 0.478 e. The van der Waals surface area contributed by atoms with E-state index in [-0.39, 0.29) is 11.6 Å². The quantitative estimate of drug-likeness (QED) is 0.546. The lowest BCUT2D eigenvalue weighted by Gasteiger charge is -2.39. The smallest absolute Gasteiger partial charge is 0.416 e. The van der Waals surface area contributed by atoms with E-state index in [0.717, 1.165) is 69.4 Å². The molecule has 0 amide bonds. The third kappa shape index (κ3) is 5.97. The van der Waals surface area contributed by atoms with Gasteiger partial charge in [0.2, 0.25) is 0 Å². The molecular formula is C25H30F3N3O2. The van der Waals surface area contributed by atoms with Crippen LogP contribution >= 0.6 is 0 Å². The summed E-state index contributed by atoms with van der Waals surface area (Å²) in [6.07, 6.45) is 4.86. The van der Waals surface area contributed by atoms with E-state index < -0.39 is 17.7 Å². The Morgan fingerprint density at radius 3 is 2.58 bits per heavy atom. The highest BCUT2D eigenvalue weighted by atomic mass is 19.4. The van der Waals surface area contributed by atoms with E-state index >= 15 is 0 Å². The number of rotatable bonds is 6. The highest BCUT2D eigenvalue weighted by molar-refractivity contribution is 5.88. The second kappa shape index (κ2) is 10.0. The molecule has 1 aliphatic heterocycles. The number of carboxylic acid groups (broad SMARTS) is 1. The van der Waals surface area contributed by atoms with Crippen molar-refractivity contribution in [2.45, 2.75) is 57.2 Å². The summed E-state index contributed by atoms with van der Waals surface area (Å²) in [5.74, 6) is 0.575. The number of alkyl halides is 3. The van der Waals surface area contributed by atoms with Gasteiger partial charge in [0, 0.05) is 31.0 Å². The van der Waals surface area contributed by atoms with Crippen molar-refractivity contribution in [2.75, 3.05) is 23.3 Å². The summed E-state index contributed by atoms with van der Waals surface area (Å²) in [6, 6.07) is 8.81. The van der Waals surface area contributed by atoms with Gasteiger partial charge >= 0.3 is 12.1 Å². The fourth-order valence-corrected chi connectivity index (χ4v) is 5.29. The van der Waals surface area contributed by atoms with Gasteiger partial charge in [-0.2, -0.15) is 13.2 Å². The fourth-order valence-electron chi connectivity index (χ4n) is 5.29. The van der Waals surface area contributed by atoms with Crippen LogP contribution in [0.4, 0.5) is 24.7 Å². The molecule has 2 N–H and O–H groups in total. The molecule has 2 fully saturated rings. The lowest BCUT2D eigenvalue weighted by Crippen LogP contribution is -2.39. The molecule has 8 heteroatoms. The van der Waals surface area contributed by atoms with E-state index in [0.29, 0.717) is 17.7 Å². The molecule has 2 aromatic rings. The summed E-state index contributed by atoms with van der Waals surface area (Å²) in [4.78, 5) is 17.8. The normalized spacial score (nSPS) is 23.8. The Kier molecular flexibility index (Phi) is 7.10.